The van der Waals surface area contributed by atoms with E-state index in [1.165, 1.54) is 0 Å². The van der Waals surface area contributed by atoms with Crippen molar-refractivity contribution < 1.29 is 27.4 Å². The van der Waals surface area contributed by atoms with Crippen LogP contribution in [0.15, 0.2) is 18.2 Å². The summed E-state index contributed by atoms with van der Waals surface area (Å²) in [5.41, 5.74) is 0.894. The molecule has 132 valence electrons. The number of alkyl halides is 3. The molecule has 24 heavy (non-hydrogen) atoms. The summed E-state index contributed by atoms with van der Waals surface area (Å²) < 4.78 is 49.6. The first-order valence-electron chi connectivity index (χ1n) is 8.18. The van der Waals surface area contributed by atoms with Gasteiger partial charge in [0.05, 0.1) is 5.92 Å². The van der Waals surface area contributed by atoms with E-state index in [9.17, 15) is 18.0 Å². The Morgan fingerprint density at radius 3 is 2.71 bits per heavy atom. The molecule has 1 fully saturated rings. The van der Waals surface area contributed by atoms with Gasteiger partial charge in [0.2, 0.25) is 12.7 Å². The van der Waals surface area contributed by atoms with Gasteiger partial charge in [-0.3, -0.25) is 4.79 Å². The molecular formula is C17H20F3NO3. The fourth-order valence-corrected chi connectivity index (χ4v) is 3.33. The van der Waals surface area contributed by atoms with Gasteiger partial charge in [0.25, 0.3) is 0 Å². The Bertz CT molecular complexity index is 603. The molecule has 1 N–H and O–H groups in total. The van der Waals surface area contributed by atoms with Crippen LogP contribution in [0.2, 0.25) is 0 Å². The first-order chi connectivity index (χ1) is 11.4. The van der Waals surface area contributed by atoms with E-state index in [-0.39, 0.29) is 25.5 Å². The highest BCUT2D eigenvalue weighted by molar-refractivity contribution is 5.76. The van der Waals surface area contributed by atoms with E-state index in [4.69, 9.17) is 9.47 Å². The fourth-order valence-electron chi connectivity index (χ4n) is 3.33. The third-order valence-corrected chi connectivity index (χ3v) is 4.61. The van der Waals surface area contributed by atoms with Crippen LogP contribution in [0.4, 0.5) is 13.2 Å². The van der Waals surface area contributed by atoms with Crippen LogP contribution < -0.4 is 14.8 Å². The standard InChI is InChI=1S/C17H20F3NO3/c18-17(19,20)12-3-1-2-4-13(12)21-16(22)8-6-11-5-7-14-15(9-11)24-10-23-14/h5,7,9,12-13H,1-4,6,8,10H2,(H,21,22)/t12-,13+/m0/s1. The maximum Gasteiger partial charge on any atom is 0.393 e. The summed E-state index contributed by atoms with van der Waals surface area (Å²) in [4.78, 5) is 12.1. The molecule has 3 rings (SSSR count). The quantitative estimate of drug-likeness (QED) is 0.909. The van der Waals surface area contributed by atoms with E-state index in [0.29, 0.717) is 30.8 Å². The van der Waals surface area contributed by atoms with E-state index in [1.54, 1.807) is 12.1 Å². The average molecular weight is 343 g/mol. The molecule has 2 atom stereocenters. The van der Waals surface area contributed by atoms with Crippen molar-refractivity contribution in [2.45, 2.75) is 50.7 Å². The lowest BCUT2D eigenvalue weighted by atomic mass is 9.84. The predicted molar refractivity (Wildman–Crippen MR) is 80.8 cm³/mol. The molecule has 7 heteroatoms. The zero-order chi connectivity index (χ0) is 17.2. The van der Waals surface area contributed by atoms with Crippen LogP contribution in [-0.2, 0) is 11.2 Å². The first kappa shape index (κ1) is 16.9. The summed E-state index contributed by atoms with van der Waals surface area (Å²) in [6, 6.07) is 4.61. The van der Waals surface area contributed by atoms with Gasteiger partial charge < -0.3 is 14.8 Å². The number of rotatable bonds is 4. The summed E-state index contributed by atoms with van der Waals surface area (Å²) in [7, 11) is 0. The summed E-state index contributed by atoms with van der Waals surface area (Å²) in [5.74, 6) is -0.467. The second kappa shape index (κ2) is 6.91. The molecule has 1 aliphatic carbocycles. The molecule has 1 aliphatic heterocycles. The number of hydrogen-bond acceptors (Lipinski definition) is 3. The van der Waals surface area contributed by atoms with E-state index < -0.39 is 18.1 Å². The highest BCUT2D eigenvalue weighted by Gasteiger charge is 2.45. The van der Waals surface area contributed by atoms with Gasteiger partial charge in [-0.15, -0.1) is 0 Å². The minimum absolute atomic E-state index is 0.0939. The zero-order valence-electron chi connectivity index (χ0n) is 13.2. The van der Waals surface area contributed by atoms with Crippen LogP contribution >= 0.6 is 0 Å². The Morgan fingerprint density at radius 2 is 1.92 bits per heavy atom. The Morgan fingerprint density at radius 1 is 1.17 bits per heavy atom. The number of benzene rings is 1. The Balaban J connectivity index is 1.53. The molecule has 0 aromatic heterocycles. The van der Waals surface area contributed by atoms with Crippen LogP contribution in [0, 0.1) is 5.92 Å². The number of hydrogen-bond donors (Lipinski definition) is 1. The smallest absolute Gasteiger partial charge is 0.393 e. The highest BCUT2D eigenvalue weighted by atomic mass is 19.4. The normalized spacial score (nSPS) is 23.1. The highest BCUT2D eigenvalue weighted by Crippen LogP contribution is 2.38. The van der Waals surface area contributed by atoms with Crippen LogP contribution in [0.1, 0.15) is 37.7 Å². The van der Waals surface area contributed by atoms with Gasteiger partial charge in [-0.1, -0.05) is 18.9 Å². The molecule has 1 aromatic carbocycles. The third kappa shape index (κ3) is 3.94. The van der Waals surface area contributed by atoms with Crippen LogP contribution in [-0.4, -0.2) is 24.9 Å². The van der Waals surface area contributed by atoms with Crippen LogP contribution in [0.25, 0.3) is 0 Å². The molecule has 0 saturated heterocycles. The van der Waals surface area contributed by atoms with Gasteiger partial charge in [0, 0.05) is 12.5 Å². The molecule has 0 spiro atoms. The first-order valence-corrected chi connectivity index (χ1v) is 8.18. The topological polar surface area (TPSA) is 47.6 Å². The van der Waals surface area contributed by atoms with E-state index in [1.807, 2.05) is 6.07 Å². The molecule has 1 heterocycles. The van der Waals surface area contributed by atoms with Gasteiger partial charge in [-0.05, 0) is 37.0 Å². The van der Waals surface area contributed by atoms with Crippen LogP contribution in [0.5, 0.6) is 11.5 Å². The number of carbonyl (C=O) groups is 1. The SMILES string of the molecule is O=C(CCc1ccc2c(c1)OCO2)N[C@@H]1CCCC[C@@H]1C(F)(F)F. The number of carbonyl (C=O) groups excluding carboxylic acids is 1. The van der Waals surface area contributed by atoms with Crippen LogP contribution in [0.3, 0.4) is 0 Å². The zero-order valence-corrected chi connectivity index (χ0v) is 13.2. The van der Waals surface area contributed by atoms with Crippen molar-refractivity contribution in [3.63, 3.8) is 0 Å². The van der Waals surface area contributed by atoms with Gasteiger partial charge in [0.1, 0.15) is 0 Å². The molecule has 1 saturated carbocycles. The molecule has 1 amide bonds. The second-order valence-corrected chi connectivity index (χ2v) is 6.29. The minimum Gasteiger partial charge on any atom is -0.454 e. The Labute approximate surface area is 138 Å². The average Bonchev–Trinajstić information content (AvgIpc) is 3.00. The number of nitrogens with one attached hydrogen (secondary N) is 1. The van der Waals surface area contributed by atoms with Crippen molar-refractivity contribution in [3.05, 3.63) is 23.8 Å². The van der Waals surface area contributed by atoms with Crippen molar-refractivity contribution in [3.8, 4) is 11.5 Å². The lowest BCUT2D eigenvalue weighted by Gasteiger charge is -2.33. The maximum atomic E-state index is 13.0. The van der Waals surface area contributed by atoms with Crippen molar-refractivity contribution >= 4 is 5.91 Å². The van der Waals surface area contributed by atoms with E-state index in [2.05, 4.69) is 5.32 Å². The summed E-state index contributed by atoms with van der Waals surface area (Å²) in [6.07, 6.45) is -1.88. The summed E-state index contributed by atoms with van der Waals surface area (Å²) in [5, 5.41) is 2.58. The fraction of sp³-hybridized carbons (Fsp3) is 0.588. The van der Waals surface area contributed by atoms with Crippen molar-refractivity contribution in [1.82, 2.24) is 5.32 Å². The summed E-state index contributed by atoms with van der Waals surface area (Å²) in [6.45, 7) is 0.180. The van der Waals surface area contributed by atoms with E-state index >= 15 is 0 Å². The van der Waals surface area contributed by atoms with Gasteiger partial charge >= 0.3 is 6.18 Å². The van der Waals surface area contributed by atoms with Crippen molar-refractivity contribution in [1.29, 1.82) is 0 Å². The largest absolute Gasteiger partial charge is 0.454 e. The molecule has 2 aliphatic rings. The lowest BCUT2D eigenvalue weighted by molar-refractivity contribution is -0.189. The van der Waals surface area contributed by atoms with Gasteiger partial charge in [-0.25, -0.2) is 0 Å². The number of ether oxygens (including phenoxy) is 2. The Kier molecular flexibility index (Phi) is 4.87. The molecular weight excluding hydrogens is 323 g/mol. The van der Waals surface area contributed by atoms with Gasteiger partial charge in [-0.2, -0.15) is 13.2 Å². The summed E-state index contributed by atoms with van der Waals surface area (Å²) >= 11 is 0. The predicted octanol–water partition coefficient (Wildman–Crippen LogP) is 3.59. The van der Waals surface area contributed by atoms with Gasteiger partial charge in [0.15, 0.2) is 11.5 Å². The molecule has 0 unspecified atom stereocenters. The lowest BCUT2D eigenvalue weighted by Crippen LogP contribution is -2.47. The molecule has 4 nitrogen and oxygen atoms in total. The third-order valence-electron chi connectivity index (χ3n) is 4.61. The maximum absolute atomic E-state index is 13.0. The number of fused-ring (bicyclic) bond motifs is 1. The van der Waals surface area contributed by atoms with Crippen molar-refractivity contribution in [2.75, 3.05) is 6.79 Å². The molecule has 0 radical (unpaired) electrons. The molecule has 0 bridgehead atoms. The number of amides is 1. The van der Waals surface area contributed by atoms with E-state index in [0.717, 1.165) is 12.0 Å². The van der Waals surface area contributed by atoms with Crippen molar-refractivity contribution in [2.24, 2.45) is 5.92 Å². The molecule has 1 aromatic rings. The minimum atomic E-state index is -4.25. The Hall–Kier alpha value is -1.92. The number of halogens is 3. The monoisotopic (exact) mass is 343 g/mol. The number of aryl methyl sites for hydroxylation is 1. The second-order valence-electron chi connectivity index (χ2n) is 6.29.